The van der Waals surface area contributed by atoms with Gasteiger partial charge in [0.25, 0.3) is 0 Å². The number of halogens is 2. The number of aromatic hydroxyl groups is 4. The van der Waals surface area contributed by atoms with Crippen molar-refractivity contribution in [3.8, 4) is 68.6 Å². The lowest BCUT2D eigenvalue weighted by Gasteiger charge is -2.44. The van der Waals surface area contributed by atoms with E-state index in [1.54, 1.807) is 0 Å². The molecule has 9 aliphatic rings. The molecule has 125 heavy (non-hydrogen) atoms. The van der Waals surface area contributed by atoms with Gasteiger partial charge in [0.2, 0.25) is 53.8 Å². The van der Waals surface area contributed by atoms with E-state index in [4.69, 9.17) is 82.0 Å². The summed E-state index contributed by atoms with van der Waals surface area (Å²) in [4.78, 5) is 109. The van der Waals surface area contributed by atoms with E-state index in [1.165, 1.54) is 94.5 Å². The molecule has 4 fully saturated rings. The third-order valence-electron chi connectivity index (χ3n) is 22.7. The van der Waals surface area contributed by atoms with Crippen LogP contribution in [0.5, 0.6) is 57.5 Å². The highest BCUT2D eigenvalue weighted by Crippen LogP contribution is 2.50. The number of fused-ring (bicyclic) bond motifs is 15. The van der Waals surface area contributed by atoms with Gasteiger partial charge in [-0.15, -0.1) is 0 Å². The van der Waals surface area contributed by atoms with Crippen LogP contribution in [0.15, 0.2) is 127 Å². The number of phenolic OH excluding ortho intramolecular Hbond substituents is 4. The number of carboxylic acid groups (broad SMARTS) is 1. The van der Waals surface area contributed by atoms with Crippen LogP contribution in [0.1, 0.15) is 115 Å². The number of nitrogens with two attached hydrogens (primary N) is 2. The topological polar surface area (TPSA) is 631 Å². The second kappa shape index (κ2) is 37.3. The predicted octanol–water partition coefficient (Wildman–Crippen LogP) is 0.299. The minimum atomic E-state index is -2.40. The molecule has 40 nitrogen and oxygen atoms in total. The average Bonchev–Trinajstić information content (AvgIpc) is 0.770. The quantitative estimate of drug-likeness (QED) is 0.0656. The van der Waals surface area contributed by atoms with E-state index in [0.29, 0.717) is 0 Å². The fourth-order valence-corrected chi connectivity index (χ4v) is 16.2. The number of hydrogen-bond acceptors (Lipinski definition) is 33. The molecule has 668 valence electrons. The SMILES string of the molecule is CN[C@@H](C(=O)N[C@H]1C(=O)N[C@@H](c2ccc(O)c(Cl)c2)C(=O)N[C@H]2C(=O)N[C@H]3C(=O)N[C@H](C(=O)N[C@H](C(=O)O)c4cc(O)cc(O)c4-c4cc3ccc4O)[C@H](O[C@H]3C[C@@H](N)[C@@H](O)[C@H](C)O3)c3ccc(c(Cl)c3)Oc3cc2cc(c3O[C@@H]2O[C@H](CO)[C@@H](O)[C@H](O)[C@H]2O[C@H]2C[C@@H](N)[C@@H](O)[C@H](C)O2)Oc2ccc(cc2)[C@H]1O)c1ccc(O[C@@H]2O[C@@H](C)[C@H](O)[C@@H](O)[C@H]2O)cc1. The van der Waals surface area contributed by atoms with Gasteiger partial charge in [0.15, 0.2) is 36.2 Å². The number of aliphatic hydroxyl groups excluding tert-OH is 9. The van der Waals surface area contributed by atoms with Crippen molar-refractivity contribution in [1.29, 1.82) is 0 Å². The normalized spacial score (nSPS) is 32.2. The van der Waals surface area contributed by atoms with Gasteiger partial charge in [-0.3, -0.25) is 28.8 Å². The molecule has 0 aromatic heterocycles. The number of hydrogen-bond donors (Lipinski definition) is 23. The first-order chi connectivity index (χ1) is 59.4. The first-order valence-electron chi connectivity index (χ1n) is 39.4. The summed E-state index contributed by atoms with van der Waals surface area (Å²) in [6.07, 6.45) is -29.0. The number of benzene rings is 7. The molecule has 6 amide bonds. The van der Waals surface area contributed by atoms with Crippen LogP contribution >= 0.6 is 23.2 Å². The van der Waals surface area contributed by atoms with Gasteiger partial charge in [0, 0.05) is 47.7 Å². The predicted molar refractivity (Wildman–Crippen MR) is 429 cm³/mol. The van der Waals surface area contributed by atoms with Gasteiger partial charge in [0.05, 0.1) is 47.2 Å². The molecule has 0 saturated carbocycles. The number of likely N-dealkylation sites (N-methyl/N-ethyl adjacent to an activating group) is 1. The van der Waals surface area contributed by atoms with Crippen molar-refractivity contribution >= 4 is 64.6 Å². The van der Waals surface area contributed by atoms with E-state index < -0.39 is 291 Å². The van der Waals surface area contributed by atoms with E-state index >= 15 is 28.8 Å². The lowest BCUT2D eigenvalue weighted by Crippen LogP contribution is -2.62. The lowest BCUT2D eigenvalue weighted by molar-refractivity contribution is -0.330. The van der Waals surface area contributed by atoms with E-state index in [9.17, 15) is 76.3 Å². The van der Waals surface area contributed by atoms with Gasteiger partial charge in [0.1, 0.15) is 125 Å². The van der Waals surface area contributed by atoms with Crippen molar-refractivity contribution in [2.75, 3.05) is 13.7 Å². The second-order valence-electron chi connectivity index (χ2n) is 31.1. The fraction of sp³-hybridized carbons (Fsp3) is 0.410. The Balaban J connectivity index is 0.968. The summed E-state index contributed by atoms with van der Waals surface area (Å²) in [7, 11) is 1.38. The van der Waals surface area contributed by atoms with Crippen molar-refractivity contribution in [2.24, 2.45) is 11.5 Å². The Morgan fingerprint density at radius 3 is 1.70 bits per heavy atom. The first-order valence-corrected chi connectivity index (χ1v) is 40.2. The second-order valence-corrected chi connectivity index (χ2v) is 32.0. The Morgan fingerprint density at radius 1 is 0.528 bits per heavy atom. The van der Waals surface area contributed by atoms with Crippen molar-refractivity contribution in [3.63, 3.8) is 0 Å². The molecule has 4 saturated heterocycles. The summed E-state index contributed by atoms with van der Waals surface area (Å²) in [5, 5.41) is 175. The number of amides is 6. The van der Waals surface area contributed by atoms with Gasteiger partial charge < -0.3 is 168 Å². The minimum Gasteiger partial charge on any atom is -0.508 e. The van der Waals surface area contributed by atoms with Gasteiger partial charge in [-0.05, 0) is 140 Å². The molecular weight excluding hydrogens is 1690 g/mol. The zero-order valence-corrected chi connectivity index (χ0v) is 68.0. The van der Waals surface area contributed by atoms with Crippen LogP contribution in [0.2, 0.25) is 10.0 Å². The van der Waals surface area contributed by atoms with Crippen LogP contribution in [0.4, 0.5) is 0 Å². The van der Waals surface area contributed by atoms with Crippen LogP contribution in [-0.2, 0) is 62.0 Å². The van der Waals surface area contributed by atoms with Crippen LogP contribution in [0, 0.1) is 0 Å². The van der Waals surface area contributed by atoms with Crippen LogP contribution in [0.25, 0.3) is 11.1 Å². The first kappa shape index (κ1) is 90.3. The molecule has 0 spiro atoms. The standard InChI is InChI=1S/C83H91Cl2N9O31/c1-29-64(100)45(86)26-54(116-29)123-72-36-11-18-50(44(85)21-36)121-52-23-37-22-51(73(52)125-83-74(70(106)68(104)53(28-95)122-83)124-55-27-46(87)65(101)30(2)117-55)119-39-14-7-33(8-15-39)67(103)62(93-75(108)57(88-4)32-5-12-40(13-6-32)120-82-71(107)69(105)66(102)31(3)118-82)79(112)90-59(35-10-17-48(98)43(84)20-35)76(109)91-60(37)78(111)89-58-34-9-16-47(97)41(19-34)56-42(24-38(96)25-49(56)99)61(81(114)115)92-80(113)63(72)94-77(58)110/h5-25,29-31,45-46,53-55,57-72,74,82-83,88,95-107H,26-28,86-87H2,1-4H3,(H,89,111)(H,90,112)(H,91,109)(H,92,113)(H,93,108)(H,94,110)(H,114,115)/t29-,30-,31-,45+,46+,53+,54-,55-,57+,58+,59-,60+,61-,62+,63-,64-,65-,66-,67+,68+,69+,70-,71+,72+,74+,82-,83-/m0/s1. The molecule has 0 radical (unpaired) electrons. The highest BCUT2D eigenvalue weighted by Gasteiger charge is 2.52. The molecule has 25 N–H and O–H groups in total. The fourth-order valence-electron chi connectivity index (χ4n) is 15.8. The molecule has 27 atom stereocenters. The number of phenols is 4. The summed E-state index contributed by atoms with van der Waals surface area (Å²) >= 11 is 14.0. The van der Waals surface area contributed by atoms with Crippen molar-refractivity contribution in [3.05, 3.63) is 176 Å². The maximum Gasteiger partial charge on any atom is 0.330 e. The zero-order valence-electron chi connectivity index (χ0n) is 66.4. The Bertz CT molecular complexity index is 5200. The number of aliphatic hydroxyl groups is 9. The van der Waals surface area contributed by atoms with Crippen molar-refractivity contribution in [1.82, 2.24) is 37.2 Å². The number of carboxylic acids is 1. The molecule has 16 rings (SSSR count). The average molecular weight is 1780 g/mol. The third-order valence-corrected chi connectivity index (χ3v) is 23.3. The highest BCUT2D eigenvalue weighted by atomic mass is 35.5. The van der Waals surface area contributed by atoms with Gasteiger partial charge >= 0.3 is 5.97 Å². The Labute approximate surface area is 719 Å². The molecule has 9 heterocycles. The number of aliphatic carboxylic acids is 1. The third kappa shape index (κ3) is 18.9. The molecular formula is C83H91Cl2N9O31. The van der Waals surface area contributed by atoms with Crippen LogP contribution in [-0.4, -0.2) is 249 Å². The smallest absolute Gasteiger partial charge is 0.330 e. The molecule has 7 aromatic rings. The minimum absolute atomic E-state index is 0.0563. The maximum absolute atomic E-state index is 16.7. The van der Waals surface area contributed by atoms with Crippen LogP contribution in [0.3, 0.4) is 0 Å². The Kier molecular flexibility index (Phi) is 27.0. The monoisotopic (exact) mass is 1780 g/mol. The lowest BCUT2D eigenvalue weighted by atomic mass is 9.89. The number of carbonyl (C=O) groups excluding carboxylic acids is 6. The summed E-state index contributed by atoms with van der Waals surface area (Å²) in [6, 6.07) is 7.16. The molecule has 0 unspecified atom stereocenters. The van der Waals surface area contributed by atoms with E-state index in [-0.39, 0.29) is 52.2 Å². The summed E-state index contributed by atoms with van der Waals surface area (Å²) < 4.78 is 63.2. The number of nitrogens with one attached hydrogen (secondary N) is 7. The van der Waals surface area contributed by atoms with E-state index in [1.807, 2.05) is 0 Å². The number of carbonyl (C=O) groups is 7. The summed E-state index contributed by atoms with van der Waals surface area (Å²) in [5.41, 5.74) is 9.93. The van der Waals surface area contributed by atoms with Gasteiger partial charge in [-0.1, -0.05) is 65.7 Å². The largest absolute Gasteiger partial charge is 0.508 e. The molecule has 7 aromatic carbocycles. The maximum atomic E-state index is 16.7. The molecule has 0 aliphatic carbocycles. The molecule has 42 heteroatoms. The van der Waals surface area contributed by atoms with E-state index in [2.05, 4.69) is 37.2 Å². The molecule has 9 aliphatic heterocycles. The Hall–Kier alpha value is -10.9. The summed E-state index contributed by atoms with van der Waals surface area (Å²) in [6.45, 7) is 3.39. The van der Waals surface area contributed by atoms with Crippen molar-refractivity contribution < 1.29 is 152 Å². The van der Waals surface area contributed by atoms with Gasteiger partial charge in [-0.2, -0.15) is 0 Å². The highest BCUT2D eigenvalue weighted by molar-refractivity contribution is 6.32. The number of rotatable bonds is 15. The zero-order chi connectivity index (χ0) is 89.7. The summed E-state index contributed by atoms with van der Waals surface area (Å²) in [5.74, 6) is -15.2. The molecule has 11 bridgehead atoms. The number of ether oxygens (including phenoxy) is 10. The van der Waals surface area contributed by atoms with E-state index in [0.717, 1.165) is 60.7 Å². The van der Waals surface area contributed by atoms with Crippen molar-refractivity contribution in [2.45, 2.75) is 199 Å². The Morgan fingerprint density at radius 2 is 1.10 bits per heavy atom. The van der Waals surface area contributed by atoms with Crippen LogP contribution < -0.4 is 67.6 Å². The van der Waals surface area contributed by atoms with Gasteiger partial charge in [-0.25, -0.2) is 4.79 Å².